The van der Waals surface area contributed by atoms with Gasteiger partial charge in [0.25, 0.3) is 0 Å². The van der Waals surface area contributed by atoms with Crippen LogP contribution >= 0.6 is 11.6 Å². The van der Waals surface area contributed by atoms with Crippen molar-refractivity contribution in [3.8, 4) is 11.8 Å². The van der Waals surface area contributed by atoms with Crippen molar-refractivity contribution in [2.45, 2.75) is 57.8 Å². The molecule has 2 aromatic rings. The van der Waals surface area contributed by atoms with E-state index in [4.69, 9.17) is 11.6 Å². The molecule has 2 aromatic carbocycles. The van der Waals surface area contributed by atoms with E-state index in [0.717, 1.165) is 16.5 Å². The summed E-state index contributed by atoms with van der Waals surface area (Å²) in [6.07, 6.45) is 13.2. The summed E-state index contributed by atoms with van der Waals surface area (Å²) in [4.78, 5) is 0. The molecule has 1 aliphatic rings. The van der Waals surface area contributed by atoms with Gasteiger partial charge in [-0.05, 0) is 91.8 Å². The van der Waals surface area contributed by atoms with E-state index in [9.17, 15) is 0 Å². The van der Waals surface area contributed by atoms with Crippen LogP contribution in [0.25, 0.3) is 0 Å². The molecule has 0 saturated heterocycles. The summed E-state index contributed by atoms with van der Waals surface area (Å²) in [7, 11) is 0. The first-order valence-electron chi connectivity index (χ1n) is 10.3. The molecule has 0 nitrogen and oxygen atoms in total. The van der Waals surface area contributed by atoms with Gasteiger partial charge in [-0.3, -0.25) is 0 Å². The Morgan fingerprint density at radius 2 is 1.67 bits per heavy atom. The number of aryl methyl sites for hydroxylation is 1. The highest BCUT2D eigenvalue weighted by Gasteiger charge is 2.20. The van der Waals surface area contributed by atoms with Gasteiger partial charge in [-0.2, -0.15) is 0 Å². The Labute approximate surface area is 169 Å². The Kier molecular flexibility index (Phi) is 7.61. The third-order valence-electron chi connectivity index (χ3n) is 5.55. The van der Waals surface area contributed by atoms with Gasteiger partial charge < -0.3 is 0 Å². The largest absolute Gasteiger partial charge is 0.0843 e. The number of rotatable bonds is 5. The summed E-state index contributed by atoms with van der Waals surface area (Å²) in [5, 5.41) is 0.753. The molecule has 1 saturated carbocycles. The summed E-state index contributed by atoms with van der Waals surface area (Å²) in [5.41, 5.74) is 4.02. The molecule has 0 unspecified atom stereocenters. The van der Waals surface area contributed by atoms with E-state index in [1.807, 2.05) is 30.3 Å². The van der Waals surface area contributed by atoms with Crippen LogP contribution < -0.4 is 0 Å². The van der Waals surface area contributed by atoms with Crippen LogP contribution in [0.2, 0.25) is 5.02 Å². The summed E-state index contributed by atoms with van der Waals surface area (Å²) >= 11 is 5.90. The molecule has 1 fully saturated rings. The third-order valence-corrected chi connectivity index (χ3v) is 5.81. The summed E-state index contributed by atoms with van der Waals surface area (Å²) in [6, 6.07) is 17.1. The van der Waals surface area contributed by atoms with E-state index in [-0.39, 0.29) is 0 Å². The van der Waals surface area contributed by atoms with Crippen molar-refractivity contribution >= 4 is 11.6 Å². The monoisotopic (exact) mass is 376 g/mol. The normalized spacial score (nSPS) is 19.6. The van der Waals surface area contributed by atoms with E-state index < -0.39 is 0 Å². The Morgan fingerprint density at radius 3 is 2.33 bits per heavy atom. The molecule has 0 N–H and O–H groups in total. The van der Waals surface area contributed by atoms with Crippen LogP contribution in [-0.4, -0.2) is 0 Å². The van der Waals surface area contributed by atoms with E-state index in [0.29, 0.717) is 5.92 Å². The van der Waals surface area contributed by atoms with Gasteiger partial charge in [0.15, 0.2) is 0 Å². The van der Waals surface area contributed by atoms with Gasteiger partial charge in [-0.15, -0.1) is 0 Å². The van der Waals surface area contributed by atoms with Crippen molar-refractivity contribution in [2.24, 2.45) is 5.92 Å². The lowest BCUT2D eigenvalue weighted by Gasteiger charge is -2.27. The first-order chi connectivity index (χ1) is 13.2. The maximum atomic E-state index is 5.90. The van der Waals surface area contributed by atoms with E-state index in [2.05, 4.69) is 49.1 Å². The van der Waals surface area contributed by atoms with Crippen LogP contribution in [0.4, 0.5) is 0 Å². The van der Waals surface area contributed by atoms with Crippen LogP contribution in [0.5, 0.6) is 0 Å². The lowest BCUT2D eigenvalue weighted by atomic mass is 9.78. The average Bonchev–Trinajstić information content (AvgIpc) is 2.72. The Hall–Kier alpha value is -1.97. The van der Waals surface area contributed by atoms with Gasteiger partial charge in [-0.1, -0.05) is 67.1 Å². The fourth-order valence-electron chi connectivity index (χ4n) is 3.82. The molecule has 0 spiro atoms. The molecule has 1 aliphatic carbocycles. The molecule has 27 heavy (non-hydrogen) atoms. The van der Waals surface area contributed by atoms with Crippen LogP contribution in [-0.2, 0) is 6.42 Å². The zero-order valence-electron chi connectivity index (χ0n) is 16.3. The van der Waals surface area contributed by atoms with Crippen LogP contribution in [0.1, 0.15) is 68.1 Å². The second kappa shape index (κ2) is 10.4. The van der Waals surface area contributed by atoms with Gasteiger partial charge in [0.05, 0.1) is 0 Å². The van der Waals surface area contributed by atoms with Crippen molar-refractivity contribution in [1.82, 2.24) is 0 Å². The molecule has 140 valence electrons. The van der Waals surface area contributed by atoms with Gasteiger partial charge in [0, 0.05) is 10.6 Å². The Bertz CT molecular complexity index is 779. The molecular formula is C26H29Cl. The number of unbranched alkanes of at least 4 members (excludes halogenated alkanes) is 1. The molecule has 0 aliphatic heterocycles. The highest BCUT2D eigenvalue weighted by Crippen LogP contribution is 2.36. The number of hydrogen-bond acceptors (Lipinski definition) is 0. The first kappa shape index (κ1) is 19.8. The minimum absolute atomic E-state index is 0.671. The predicted molar refractivity (Wildman–Crippen MR) is 117 cm³/mol. The number of hydrogen-bond donors (Lipinski definition) is 0. The molecular weight excluding hydrogens is 348 g/mol. The molecule has 0 aromatic heterocycles. The van der Waals surface area contributed by atoms with E-state index in [1.54, 1.807) is 0 Å². The third kappa shape index (κ3) is 6.30. The second-order valence-corrected chi connectivity index (χ2v) is 8.03. The second-order valence-electron chi connectivity index (χ2n) is 7.59. The SMILES string of the molecule is CCCCc1ccc([C@H]2CC[C@H](C=CC#Cc3ccc(Cl)cc3)CC2)cc1. The highest BCUT2D eigenvalue weighted by atomic mass is 35.5. The van der Waals surface area contributed by atoms with Crippen molar-refractivity contribution in [3.05, 3.63) is 82.4 Å². The van der Waals surface area contributed by atoms with Crippen molar-refractivity contribution in [1.29, 1.82) is 0 Å². The van der Waals surface area contributed by atoms with Crippen molar-refractivity contribution < 1.29 is 0 Å². The van der Waals surface area contributed by atoms with Gasteiger partial charge in [-0.25, -0.2) is 0 Å². The predicted octanol–water partition coefficient (Wildman–Crippen LogP) is 7.56. The fourth-order valence-corrected chi connectivity index (χ4v) is 3.95. The molecule has 0 heterocycles. The summed E-state index contributed by atoms with van der Waals surface area (Å²) in [6.45, 7) is 2.25. The van der Waals surface area contributed by atoms with E-state index in [1.165, 1.54) is 56.1 Å². The smallest absolute Gasteiger partial charge is 0.0406 e. The molecule has 1 heteroatoms. The molecule has 3 rings (SSSR count). The lowest BCUT2D eigenvalue weighted by Crippen LogP contribution is -2.11. The van der Waals surface area contributed by atoms with Crippen LogP contribution in [0.3, 0.4) is 0 Å². The zero-order valence-corrected chi connectivity index (χ0v) is 17.0. The van der Waals surface area contributed by atoms with Crippen LogP contribution in [0, 0.1) is 17.8 Å². The highest BCUT2D eigenvalue weighted by molar-refractivity contribution is 6.30. The maximum absolute atomic E-state index is 5.90. The van der Waals surface area contributed by atoms with Crippen LogP contribution in [0.15, 0.2) is 60.7 Å². The number of benzene rings is 2. The summed E-state index contributed by atoms with van der Waals surface area (Å²) in [5.74, 6) is 7.73. The standard InChI is InChI=1S/C26H29Cl/c1-2-3-6-21-9-15-24(16-10-21)25-17-11-22(12-18-25)7-4-5-8-23-13-19-26(27)20-14-23/h4,7,9-10,13-16,19-20,22,25H,2-3,6,11-12,17-18H2,1H3/t22-,25-. The quantitative estimate of drug-likeness (QED) is 0.472. The van der Waals surface area contributed by atoms with E-state index >= 15 is 0 Å². The van der Waals surface area contributed by atoms with Gasteiger partial charge in [0.2, 0.25) is 0 Å². The summed E-state index contributed by atoms with van der Waals surface area (Å²) < 4.78 is 0. The van der Waals surface area contributed by atoms with Gasteiger partial charge in [0.1, 0.15) is 0 Å². The van der Waals surface area contributed by atoms with Crippen molar-refractivity contribution in [3.63, 3.8) is 0 Å². The topological polar surface area (TPSA) is 0 Å². The number of allylic oxidation sites excluding steroid dienone is 2. The molecule has 0 bridgehead atoms. The molecule has 0 atom stereocenters. The minimum atomic E-state index is 0.671. The minimum Gasteiger partial charge on any atom is -0.0843 e. The molecule has 0 radical (unpaired) electrons. The Balaban J connectivity index is 1.46. The lowest BCUT2D eigenvalue weighted by molar-refractivity contribution is 0.376. The fraction of sp³-hybridized carbons (Fsp3) is 0.385. The van der Waals surface area contributed by atoms with Gasteiger partial charge >= 0.3 is 0 Å². The Morgan fingerprint density at radius 1 is 0.963 bits per heavy atom. The molecule has 0 amide bonds. The average molecular weight is 377 g/mol. The zero-order chi connectivity index (χ0) is 18.9. The maximum Gasteiger partial charge on any atom is 0.0406 e. The van der Waals surface area contributed by atoms with Crippen molar-refractivity contribution in [2.75, 3.05) is 0 Å². The first-order valence-corrected chi connectivity index (χ1v) is 10.6. The number of halogens is 1.